The Morgan fingerprint density at radius 3 is 2.39 bits per heavy atom. The third kappa shape index (κ3) is 5.90. The Morgan fingerprint density at radius 1 is 1.18 bits per heavy atom. The van der Waals surface area contributed by atoms with Crippen molar-refractivity contribution in [2.75, 3.05) is 19.4 Å². The molecule has 1 aromatic carbocycles. The molecule has 0 saturated carbocycles. The molecule has 0 spiro atoms. The van der Waals surface area contributed by atoms with Gasteiger partial charge >= 0.3 is 0 Å². The summed E-state index contributed by atoms with van der Waals surface area (Å²) in [4.78, 5) is 26.9. The maximum atomic E-state index is 13.3. The molecule has 1 heterocycles. The van der Waals surface area contributed by atoms with E-state index in [0.29, 0.717) is 11.8 Å². The van der Waals surface area contributed by atoms with Crippen LogP contribution in [-0.2, 0) is 16.0 Å². The number of aldehydes is 1. The summed E-state index contributed by atoms with van der Waals surface area (Å²) in [5.74, 6) is -4.25. The minimum atomic E-state index is -1.51. The van der Waals surface area contributed by atoms with E-state index in [9.17, 15) is 22.8 Å². The number of amides is 1. The van der Waals surface area contributed by atoms with E-state index >= 15 is 0 Å². The summed E-state index contributed by atoms with van der Waals surface area (Å²) in [6.07, 6.45) is 2.63. The second kappa shape index (κ2) is 9.63. The van der Waals surface area contributed by atoms with Gasteiger partial charge in [0, 0.05) is 33.1 Å². The fraction of sp³-hybridized carbons (Fsp3) is 0.263. The Bertz CT molecular complexity index is 860. The van der Waals surface area contributed by atoms with Crippen LogP contribution in [-0.4, -0.2) is 42.0 Å². The molecule has 0 bridgehead atoms. The van der Waals surface area contributed by atoms with Gasteiger partial charge in [-0.15, -0.1) is 0 Å². The molecule has 2 rings (SSSR count). The van der Waals surface area contributed by atoms with Crippen molar-refractivity contribution in [1.82, 2.24) is 9.99 Å². The SMILES string of the molecule is CN(C)/N=C(\CCC=O)C(=O)Nc1ccc(Cc2cc(F)c(F)c(F)c2)cn1. The van der Waals surface area contributed by atoms with Crippen LogP contribution in [0.15, 0.2) is 35.6 Å². The average molecular weight is 392 g/mol. The lowest BCUT2D eigenvalue weighted by atomic mass is 10.1. The molecule has 6 nitrogen and oxygen atoms in total. The summed E-state index contributed by atoms with van der Waals surface area (Å²) in [7, 11) is 3.31. The Balaban J connectivity index is 2.07. The summed E-state index contributed by atoms with van der Waals surface area (Å²) < 4.78 is 39.6. The normalized spacial score (nSPS) is 11.2. The Labute approximate surface area is 160 Å². The first-order valence-corrected chi connectivity index (χ1v) is 8.38. The van der Waals surface area contributed by atoms with Gasteiger partial charge in [-0.25, -0.2) is 18.2 Å². The largest absolute Gasteiger partial charge is 0.305 e. The molecular weight excluding hydrogens is 373 g/mol. The van der Waals surface area contributed by atoms with Gasteiger partial charge in [-0.05, 0) is 35.7 Å². The molecule has 2 aromatic rings. The van der Waals surface area contributed by atoms with Crippen LogP contribution in [0.3, 0.4) is 0 Å². The molecule has 1 N–H and O–H groups in total. The first kappa shape index (κ1) is 21.1. The zero-order valence-corrected chi connectivity index (χ0v) is 15.4. The molecule has 0 unspecified atom stereocenters. The fourth-order valence-corrected chi connectivity index (χ4v) is 2.38. The minimum absolute atomic E-state index is 0.141. The molecule has 0 aliphatic carbocycles. The third-order valence-electron chi connectivity index (χ3n) is 3.60. The van der Waals surface area contributed by atoms with Crippen LogP contribution >= 0.6 is 0 Å². The predicted octanol–water partition coefficient (Wildman–Crippen LogP) is 2.92. The summed E-state index contributed by atoms with van der Waals surface area (Å²) >= 11 is 0. The summed E-state index contributed by atoms with van der Waals surface area (Å²) in [6.45, 7) is 0. The molecule has 0 aliphatic heterocycles. The maximum absolute atomic E-state index is 13.3. The monoisotopic (exact) mass is 392 g/mol. The number of anilines is 1. The molecule has 0 fully saturated rings. The zero-order chi connectivity index (χ0) is 20.7. The molecule has 148 valence electrons. The van der Waals surface area contributed by atoms with Crippen molar-refractivity contribution < 1.29 is 22.8 Å². The first-order valence-electron chi connectivity index (χ1n) is 8.38. The summed E-state index contributed by atoms with van der Waals surface area (Å²) in [6, 6.07) is 4.99. The minimum Gasteiger partial charge on any atom is -0.305 e. The van der Waals surface area contributed by atoms with E-state index in [4.69, 9.17) is 0 Å². The van der Waals surface area contributed by atoms with Gasteiger partial charge in [0.05, 0.1) is 0 Å². The quantitative estimate of drug-likeness (QED) is 0.324. The number of pyridine rings is 1. The van der Waals surface area contributed by atoms with Gasteiger partial charge in [0.2, 0.25) is 0 Å². The number of hydrogen-bond acceptors (Lipinski definition) is 5. The van der Waals surface area contributed by atoms with Crippen LogP contribution < -0.4 is 5.32 Å². The molecule has 9 heteroatoms. The van der Waals surface area contributed by atoms with Crippen LogP contribution in [0.25, 0.3) is 0 Å². The average Bonchev–Trinajstić information content (AvgIpc) is 2.64. The number of rotatable bonds is 8. The summed E-state index contributed by atoms with van der Waals surface area (Å²) in [5, 5.41) is 8.09. The smallest absolute Gasteiger partial charge is 0.273 e. The highest BCUT2D eigenvalue weighted by atomic mass is 19.2. The van der Waals surface area contributed by atoms with Gasteiger partial charge in [0.15, 0.2) is 17.5 Å². The number of nitrogens with one attached hydrogen (secondary N) is 1. The Kier molecular flexibility index (Phi) is 7.25. The Hall–Kier alpha value is -3.23. The predicted molar refractivity (Wildman–Crippen MR) is 98.4 cm³/mol. The lowest BCUT2D eigenvalue weighted by Gasteiger charge is -2.10. The van der Waals surface area contributed by atoms with E-state index in [2.05, 4.69) is 15.4 Å². The molecule has 1 aromatic heterocycles. The Morgan fingerprint density at radius 2 is 1.86 bits per heavy atom. The molecule has 0 atom stereocenters. The van der Waals surface area contributed by atoms with E-state index in [1.54, 1.807) is 20.2 Å². The van der Waals surface area contributed by atoms with E-state index in [1.807, 2.05) is 0 Å². The lowest BCUT2D eigenvalue weighted by Crippen LogP contribution is -2.26. The number of hydrazone groups is 1. The van der Waals surface area contributed by atoms with E-state index in [0.717, 1.165) is 12.1 Å². The van der Waals surface area contributed by atoms with Crippen molar-refractivity contribution in [2.45, 2.75) is 19.3 Å². The number of aromatic nitrogens is 1. The van der Waals surface area contributed by atoms with E-state index in [-0.39, 0.29) is 36.4 Å². The van der Waals surface area contributed by atoms with Gasteiger partial charge in [-0.3, -0.25) is 4.79 Å². The number of halogens is 3. The summed E-state index contributed by atoms with van der Waals surface area (Å²) in [5.41, 5.74) is 1.05. The van der Waals surface area contributed by atoms with E-state index < -0.39 is 23.4 Å². The molecule has 1 amide bonds. The molecular formula is C19H19F3N4O2. The third-order valence-corrected chi connectivity index (χ3v) is 3.60. The van der Waals surface area contributed by atoms with Crippen molar-refractivity contribution in [1.29, 1.82) is 0 Å². The van der Waals surface area contributed by atoms with Crippen molar-refractivity contribution >= 4 is 23.7 Å². The second-order valence-corrected chi connectivity index (χ2v) is 6.16. The highest BCUT2D eigenvalue weighted by molar-refractivity contribution is 6.43. The number of hydrogen-bond donors (Lipinski definition) is 1. The lowest BCUT2D eigenvalue weighted by molar-refractivity contribution is -0.110. The van der Waals surface area contributed by atoms with Crippen molar-refractivity contribution in [3.8, 4) is 0 Å². The highest BCUT2D eigenvalue weighted by Gasteiger charge is 2.14. The van der Waals surface area contributed by atoms with Crippen molar-refractivity contribution in [2.24, 2.45) is 5.10 Å². The van der Waals surface area contributed by atoms with Crippen molar-refractivity contribution in [3.05, 3.63) is 59.0 Å². The zero-order valence-electron chi connectivity index (χ0n) is 15.4. The molecule has 28 heavy (non-hydrogen) atoms. The standard InChI is InChI=1S/C19H19F3N4O2/c1-26(2)25-16(4-3-7-27)19(28)24-17-6-5-12(11-23-17)8-13-9-14(20)18(22)15(21)10-13/h5-7,9-11H,3-4,8H2,1-2H3,(H,23,24,28)/b25-16+. The van der Waals surface area contributed by atoms with Crippen molar-refractivity contribution in [3.63, 3.8) is 0 Å². The number of carbonyl (C=O) groups is 2. The first-order chi connectivity index (χ1) is 13.3. The molecule has 0 aliphatic rings. The van der Waals surface area contributed by atoms with Gasteiger partial charge in [0.25, 0.3) is 5.91 Å². The van der Waals surface area contributed by atoms with Crippen LogP contribution in [0.2, 0.25) is 0 Å². The molecule has 0 saturated heterocycles. The topological polar surface area (TPSA) is 74.7 Å². The van der Waals surface area contributed by atoms with Gasteiger partial charge in [-0.1, -0.05) is 6.07 Å². The number of carbonyl (C=O) groups excluding carboxylic acids is 2. The number of nitrogens with zero attached hydrogens (tertiary/aromatic N) is 3. The molecule has 0 radical (unpaired) electrons. The fourth-order valence-electron chi connectivity index (χ4n) is 2.38. The highest BCUT2D eigenvalue weighted by Crippen LogP contribution is 2.17. The van der Waals surface area contributed by atoms with E-state index in [1.165, 1.54) is 17.3 Å². The maximum Gasteiger partial charge on any atom is 0.273 e. The van der Waals surface area contributed by atoms with Gasteiger partial charge in [-0.2, -0.15) is 5.10 Å². The van der Waals surface area contributed by atoms with Gasteiger partial charge in [0.1, 0.15) is 17.8 Å². The van der Waals surface area contributed by atoms with Crippen LogP contribution in [0.4, 0.5) is 19.0 Å². The van der Waals surface area contributed by atoms with Crippen LogP contribution in [0.1, 0.15) is 24.0 Å². The second-order valence-electron chi connectivity index (χ2n) is 6.16. The van der Waals surface area contributed by atoms with Crippen LogP contribution in [0, 0.1) is 17.5 Å². The van der Waals surface area contributed by atoms with Crippen LogP contribution in [0.5, 0.6) is 0 Å². The van der Waals surface area contributed by atoms with Gasteiger partial charge < -0.3 is 15.1 Å². The number of benzene rings is 1.